The molecule has 0 spiro atoms. The van der Waals surface area contributed by atoms with Crippen LogP contribution in [0.4, 0.5) is 5.95 Å². The van der Waals surface area contributed by atoms with Crippen LogP contribution in [0.1, 0.15) is 29.6 Å². The summed E-state index contributed by atoms with van der Waals surface area (Å²) in [5, 5.41) is 8.60. The largest absolute Gasteiger partial charge is 0.347 e. The predicted molar refractivity (Wildman–Crippen MR) is 94.7 cm³/mol. The number of nitrogens with one attached hydrogen (secondary N) is 1. The lowest BCUT2D eigenvalue weighted by atomic mass is 9.93. The van der Waals surface area contributed by atoms with Gasteiger partial charge >= 0.3 is 0 Å². The predicted octanol–water partition coefficient (Wildman–Crippen LogP) is 4.84. The molecule has 6 heteroatoms. The van der Waals surface area contributed by atoms with E-state index in [0.29, 0.717) is 0 Å². The van der Waals surface area contributed by atoms with Gasteiger partial charge in [0, 0.05) is 9.50 Å². The van der Waals surface area contributed by atoms with Crippen LogP contribution in [0.3, 0.4) is 0 Å². The number of benzene rings is 2. The van der Waals surface area contributed by atoms with Gasteiger partial charge in [-0.1, -0.05) is 57.9 Å². The maximum absolute atomic E-state index is 6.39. The van der Waals surface area contributed by atoms with Crippen molar-refractivity contribution in [3.63, 3.8) is 0 Å². The van der Waals surface area contributed by atoms with Crippen molar-refractivity contribution in [2.75, 3.05) is 5.32 Å². The molecule has 1 N–H and O–H groups in total. The number of anilines is 1. The molecule has 0 saturated heterocycles. The number of hydrogen-bond donors (Lipinski definition) is 1. The molecule has 23 heavy (non-hydrogen) atoms. The Morgan fingerprint density at radius 3 is 2.87 bits per heavy atom. The number of aromatic nitrogens is 3. The molecule has 2 aromatic carbocycles. The van der Waals surface area contributed by atoms with E-state index in [2.05, 4.69) is 49.5 Å². The van der Waals surface area contributed by atoms with Gasteiger partial charge in [-0.05, 0) is 35.7 Å². The van der Waals surface area contributed by atoms with E-state index in [-0.39, 0.29) is 12.1 Å². The molecule has 0 saturated carbocycles. The third kappa shape index (κ3) is 2.75. The summed E-state index contributed by atoms with van der Waals surface area (Å²) < 4.78 is 3.00. The third-order valence-electron chi connectivity index (χ3n) is 4.14. The normalized spacial score (nSPS) is 19.9. The molecule has 0 unspecified atom stereocenters. The Bertz CT molecular complexity index is 848. The second kappa shape index (κ2) is 5.98. The van der Waals surface area contributed by atoms with E-state index in [1.54, 1.807) is 6.33 Å². The van der Waals surface area contributed by atoms with Gasteiger partial charge in [-0.3, -0.25) is 0 Å². The first-order valence-electron chi connectivity index (χ1n) is 7.38. The lowest BCUT2D eigenvalue weighted by Crippen LogP contribution is -2.28. The minimum absolute atomic E-state index is 0.101. The Kier molecular flexibility index (Phi) is 3.83. The average molecular weight is 390 g/mol. The smallest absolute Gasteiger partial charge is 0.222 e. The number of rotatable bonds is 2. The standard InChI is InChI=1S/C17H14BrClN4/c18-12-5-3-4-11(8-12)16-9-15(13-6-1-2-7-14(13)19)22-17-20-10-21-23(16)17/h1-8,10,15-16H,9H2,(H,20,21,22)/t15-,16-/m0/s1. The van der Waals surface area contributed by atoms with Crippen molar-refractivity contribution in [2.45, 2.75) is 18.5 Å². The van der Waals surface area contributed by atoms with Crippen LogP contribution in [0.25, 0.3) is 0 Å². The minimum atomic E-state index is 0.101. The number of halogens is 2. The molecule has 0 bridgehead atoms. The zero-order chi connectivity index (χ0) is 15.8. The molecule has 4 rings (SSSR count). The molecule has 0 amide bonds. The van der Waals surface area contributed by atoms with E-state index < -0.39 is 0 Å². The Labute approximate surface area is 147 Å². The van der Waals surface area contributed by atoms with Crippen LogP contribution in [0, 0.1) is 0 Å². The van der Waals surface area contributed by atoms with Gasteiger partial charge in [0.25, 0.3) is 0 Å². The summed E-state index contributed by atoms with van der Waals surface area (Å²) in [5.41, 5.74) is 2.29. The Morgan fingerprint density at radius 2 is 2.04 bits per heavy atom. The minimum Gasteiger partial charge on any atom is -0.347 e. The van der Waals surface area contributed by atoms with Crippen LogP contribution in [0.15, 0.2) is 59.3 Å². The maximum Gasteiger partial charge on any atom is 0.222 e. The molecule has 0 radical (unpaired) electrons. The number of hydrogen-bond acceptors (Lipinski definition) is 3. The summed E-state index contributed by atoms with van der Waals surface area (Å²) >= 11 is 9.94. The van der Waals surface area contributed by atoms with E-state index in [9.17, 15) is 0 Å². The summed E-state index contributed by atoms with van der Waals surface area (Å²) in [4.78, 5) is 4.35. The van der Waals surface area contributed by atoms with Crippen LogP contribution in [-0.2, 0) is 0 Å². The Morgan fingerprint density at radius 1 is 1.17 bits per heavy atom. The van der Waals surface area contributed by atoms with Crippen molar-refractivity contribution >= 4 is 33.5 Å². The fourth-order valence-corrected chi connectivity index (χ4v) is 3.76. The quantitative estimate of drug-likeness (QED) is 0.682. The monoisotopic (exact) mass is 388 g/mol. The van der Waals surface area contributed by atoms with E-state index >= 15 is 0 Å². The summed E-state index contributed by atoms with van der Waals surface area (Å²) in [7, 11) is 0. The zero-order valence-corrected chi connectivity index (χ0v) is 14.5. The van der Waals surface area contributed by atoms with Crippen molar-refractivity contribution in [3.8, 4) is 0 Å². The van der Waals surface area contributed by atoms with Crippen molar-refractivity contribution < 1.29 is 0 Å². The molecule has 2 atom stereocenters. The van der Waals surface area contributed by atoms with Gasteiger partial charge in [-0.2, -0.15) is 10.1 Å². The van der Waals surface area contributed by atoms with Gasteiger partial charge in [0.2, 0.25) is 5.95 Å². The number of nitrogens with zero attached hydrogens (tertiary/aromatic N) is 3. The van der Waals surface area contributed by atoms with E-state index in [1.165, 1.54) is 5.56 Å². The molecule has 1 aliphatic rings. The van der Waals surface area contributed by atoms with Crippen LogP contribution in [-0.4, -0.2) is 14.8 Å². The van der Waals surface area contributed by atoms with Gasteiger partial charge in [0.15, 0.2) is 0 Å². The SMILES string of the molecule is Clc1ccccc1[C@@H]1C[C@@H](c2cccc(Br)c2)n2ncnc2N1. The molecule has 0 fully saturated rings. The molecule has 1 aromatic heterocycles. The zero-order valence-electron chi connectivity index (χ0n) is 12.2. The first kappa shape index (κ1) is 14.7. The van der Waals surface area contributed by atoms with Gasteiger partial charge < -0.3 is 5.32 Å². The highest BCUT2D eigenvalue weighted by atomic mass is 79.9. The molecule has 116 valence electrons. The highest BCUT2D eigenvalue weighted by molar-refractivity contribution is 9.10. The molecule has 3 aromatic rings. The highest BCUT2D eigenvalue weighted by Gasteiger charge is 2.30. The number of fused-ring (bicyclic) bond motifs is 1. The van der Waals surface area contributed by atoms with Gasteiger partial charge in [0.1, 0.15) is 6.33 Å². The molecule has 2 heterocycles. The summed E-state index contributed by atoms with van der Waals surface area (Å²) in [5.74, 6) is 0.770. The van der Waals surface area contributed by atoms with Crippen molar-refractivity contribution in [2.24, 2.45) is 0 Å². The average Bonchev–Trinajstić information content (AvgIpc) is 3.03. The summed E-state index contributed by atoms with van der Waals surface area (Å²) in [6.45, 7) is 0. The van der Waals surface area contributed by atoms with E-state index in [4.69, 9.17) is 11.6 Å². The van der Waals surface area contributed by atoms with Crippen LogP contribution < -0.4 is 5.32 Å². The Balaban J connectivity index is 1.77. The van der Waals surface area contributed by atoms with E-state index in [0.717, 1.165) is 27.4 Å². The molecule has 1 aliphatic heterocycles. The van der Waals surface area contributed by atoms with Crippen molar-refractivity contribution in [1.29, 1.82) is 0 Å². The second-order valence-electron chi connectivity index (χ2n) is 5.55. The van der Waals surface area contributed by atoms with E-state index in [1.807, 2.05) is 35.0 Å². The lowest BCUT2D eigenvalue weighted by molar-refractivity contribution is 0.431. The Hall–Kier alpha value is -1.85. The molecular formula is C17H14BrClN4. The van der Waals surface area contributed by atoms with Gasteiger partial charge in [0.05, 0.1) is 12.1 Å². The fourth-order valence-electron chi connectivity index (χ4n) is 3.07. The van der Waals surface area contributed by atoms with Crippen LogP contribution >= 0.6 is 27.5 Å². The molecule has 0 aliphatic carbocycles. The first-order chi connectivity index (χ1) is 11.2. The fraction of sp³-hybridized carbons (Fsp3) is 0.176. The van der Waals surface area contributed by atoms with Crippen molar-refractivity contribution in [3.05, 3.63) is 75.5 Å². The summed E-state index contributed by atoms with van der Waals surface area (Å²) in [6, 6.07) is 16.5. The molecular weight excluding hydrogens is 376 g/mol. The maximum atomic E-state index is 6.39. The third-order valence-corrected chi connectivity index (χ3v) is 4.98. The molecule has 4 nitrogen and oxygen atoms in total. The first-order valence-corrected chi connectivity index (χ1v) is 8.55. The van der Waals surface area contributed by atoms with Gasteiger partial charge in [-0.25, -0.2) is 4.68 Å². The highest BCUT2D eigenvalue weighted by Crippen LogP contribution is 2.39. The second-order valence-corrected chi connectivity index (χ2v) is 6.88. The van der Waals surface area contributed by atoms with Crippen LogP contribution in [0.5, 0.6) is 0 Å². The van der Waals surface area contributed by atoms with Gasteiger partial charge in [-0.15, -0.1) is 0 Å². The topological polar surface area (TPSA) is 42.7 Å². The lowest BCUT2D eigenvalue weighted by Gasteiger charge is -2.32. The van der Waals surface area contributed by atoms with Crippen LogP contribution in [0.2, 0.25) is 5.02 Å². The summed E-state index contributed by atoms with van der Waals surface area (Å²) in [6.07, 6.45) is 2.44. The van der Waals surface area contributed by atoms with Crippen molar-refractivity contribution in [1.82, 2.24) is 14.8 Å².